The molecule has 0 amide bonds. The molecule has 21 heavy (non-hydrogen) atoms. The molecular formula is C16H11ClFN3. The van der Waals surface area contributed by atoms with Gasteiger partial charge >= 0.3 is 0 Å². The summed E-state index contributed by atoms with van der Waals surface area (Å²) in [4.78, 5) is 4.47. The smallest absolute Gasteiger partial charge is 0.129 e. The molecule has 104 valence electrons. The Hall–Kier alpha value is -2.38. The van der Waals surface area contributed by atoms with Crippen molar-refractivity contribution < 1.29 is 4.39 Å². The molecular weight excluding hydrogens is 289 g/mol. The van der Waals surface area contributed by atoms with E-state index in [0.29, 0.717) is 11.5 Å². The van der Waals surface area contributed by atoms with E-state index in [1.807, 2.05) is 35.8 Å². The van der Waals surface area contributed by atoms with Gasteiger partial charge in [-0.05, 0) is 42.8 Å². The minimum absolute atomic E-state index is 0.204. The molecule has 0 aliphatic carbocycles. The molecule has 1 heterocycles. The lowest BCUT2D eigenvalue weighted by molar-refractivity contribution is 0.627. The number of nitrogens with zero attached hydrogens (tertiary/aromatic N) is 3. The highest BCUT2D eigenvalue weighted by atomic mass is 35.5. The van der Waals surface area contributed by atoms with Crippen LogP contribution in [0, 0.1) is 24.1 Å². The van der Waals surface area contributed by atoms with E-state index in [1.165, 1.54) is 12.1 Å². The van der Waals surface area contributed by atoms with E-state index in [0.717, 1.165) is 16.6 Å². The predicted octanol–water partition coefficient (Wildman–Crippen LogP) is 4.08. The van der Waals surface area contributed by atoms with Crippen LogP contribution in [0.2, 0.25) is 0 Å². The lowest BCUT2D eigenvalue weighted by Gasteiger charge is -2.10. The summed E-state index contributed by atoms with van der Waals surface area (Å²) in [7, 11) is 0. The highest BCUT2D eigenvalue weighted by Gasteiger charge is 2.15. The fourth-order valence-corrected chi connectivity index (χ4v) is 2.57. The van der Waals surface area contributed by atoms with Gasteiger partial charge < -0.3 is 0 Å². The number of halogens is 2. The summed E-state index contributed by atoms with van der Waals surface area (Å²) in [6.45, 7) is 1.98. The average Bonchev–Trinajstić information content (AvgIpc) is 2.84. The van der Waals surface area contributed by atoms with Crippen molar-refractivity contribution in [1.29, 1.82) is 5.26 Å². The number of rotatable bonds is 2. The number of fused-ring (bicyclic) bond motifs is 1. The molecule has 0 bridgehead atoms. The number of hydrogen-bond acceptors (Lipinski definition) is 2. The Labute approximate surface area is 126 Å². The fraction of sp³-hybridized carbons (Fsp3) is 0.125. The molecule has 2 aromatic carbocycles. The van der Waals surface area contributed by atoms with Gasteiger partial charge in [0, 0.05) is 0 Å². The standard InChI is InChI=1S/C16H11ClFN3/c1-10-2-4-13-15(6-10)21(16(8-17)20-13)14-5-3-12(18)7-11(14)9-19/h2-7H,8H2,1H3. The molecule has 5 heteroatoms. The lowest BCUT2D eigenvalue weighted by Crippen LogP contribution is -2.02. The maximum Gasteiger partial charge on any atom is 0.129 e. The highest BCUT2D eigenvalue weighted by molar-refractivity contribution is 6.17. The van der Waals surface area contributed by atoms with Gasteiger partial charge in [0.2, 0.25) is 0 Å². The molecule has 0 atom stereocenters. The zero-order chi connectivity index (χ0) is 15.0. The van der Waals surface area contributed by atoms with E-state index in [1.54, 1.807) is 6.07 Å². The molecule has 3 nitrogen and oxygen atoms in total. The van der Waals surface area contributed by atoms with Crippen molar-refractivity contribution in [3.8, 4) is 11.8 Å². The first-order chi connectivity index (χ1) is 10.1. The van der Waals surface area contributed by atoms with Crippen LogP contribution in [0.15, 0.2) is 36.4 Å². The van der Waals surface area contributed by atoms with Crippen molar-refractivity contribution in [2.75, 3.05) is 0 Å². The second-order valence-corrected chi connectivity index (χ2v) is 5.03. The largest absolute Gasteiger partial charge is 0.294 e. The van der Waals surface area contributed by atoms with E-state index < -0.39 is 5.82 Å². The van der Waals surface area contributed by atoms with Gasteiger partial charge in [0.1, 0.15) is 17.7 Å². The van der Waals surface area contributed by atoms with Crippen LogP contribution >= 0.6 is 11.6 Å². The second kappa shape index (κ2) is 5.19. The van der Waals surface area contributed by atoms with Crippen LogP contribution in [0.4, 0.5) is 4.39 Å². The summed E-state index contributed by atoms with van der Waals surface area (Å²) >= 11 is 5.98. The number of imidazole rings is 1. The minimum atomic E-state index is -0.441. The molecule has 0 aliphatic heterocycles. The van der Waals surface area contributed by atoms with Gasteiger partial charge in [-0.2, -0.15) is 5.26 Å². The van der Waals surface area contributed by atoms with E-state index >= 15 is 0 Å². The van der Waals surface area contributed by atoms with Gasteiger partial charge in [-0.25, -0.2) is 9.37 Å². The molecule has 0 aliphatic rings. The molecule has 0 spiro atoms. The zero-order valence-electron chi connectivity index (χ0n) is 11.3. The van der Waals surface area contributed by atoms with Crippen LogP contribution in [0.25, 0.3) is 16.7 Å². The fourth-order valence-electron chi connectivity index (χ4n) is 2.39. The Bertz CT molecular complexity index is 877. The molecule has 0 N–H and O–H groups in total. The van der Waals surface area contributed by atoms with E-state index in [4.69, 9.17) is 11.6 Å². The Balaban J connectivity index is 2.39. The lowest BCUT2D eigenvalue weighted by atomic mass is 10.1. The van der Waals surface area contributed by atoms with Crippen LogP contribution < -0.4 is 0 Å². The van der Waals surface area contributed by atoms with Crippen LogP contribution in [-0.4, -0.2) is 9.55 Å². The normalized spacial score (nSPS) is 10.8. The first-order valence-corrected chi connectivity index (χ1v) is 6.91. The molecule has 3 aromatic rings. The molecule has 0 saturated carbocycles. The van der Waals surface area contributed by atoms with E-state index in [9.17, 15) is 9.65 Å². The van der Waals surface area contributed by atoms with Gasteiger partial charge in [0.15, 0.2) is 0 Å². The molecule has 1 aromatic heterocycles. The number of hydrogen-bond donors (Lipinski definition) is 0. The maximum atomic E-state index is 13.3. The highest BCUT2D eigenvalue weighted by Crippen LogP contribution is 2.26. The van der Waals surface area contributed by atoms with Crippen molar-refractivity contribution in [3.63, 3.8) is 0 Å². The van der Waals surface area contributed by atoms with E-state index in [2.05, 4.69) is 4.98 Å². The van der Waals surface area contributed by atoms with Crippen LogP contribution in [0.1, 0.15) is 17.0 Å². The van der Waals surface area contributed by atoms with Gasteiger partial charge in [-0.15, -0.1) is 11.6 Å². The molecule has 3 rings (SSSR count). The average molecular weight is 300 g/mol. The maximum absolute atomic E-state index is 13.3. The second-order valence-electron chi connectivity index (χ2n) is 4.76. The Morgan fingerprint density at radius 1 is 1.29 bits per heavy atom. The number of aromatic nitrogens is 2. The molecule has 0 fully saturated rings. The van der Waals surface area contributed by atoms with Crippen molar-refractivity contribution >= 4 is 22.6 Å². The first kappa shape index (κ1) is 13.6. The van der Waals surface area contributed by atoms with Gasteiger partial charge in [-0.1, -0.05) is 6.07 Å². The Morgan fingerprint density at radius 3 is 2.81 bits per heavy atom. The summed E-state index contributed by atoms with van der Waals surface area (Å²) in [5, 5.41) is 9.25. The summed E-state index contributed by atoms with van der Waals surface area (Å²) in [5.41, 5.74) is 3.56. The number of nitriles is 1. The van der Waals surface area contributed by atoms with Gasteiger partial charge in [0.05, 0.1) is 28.2 Å². The number of benzene rings is 2. The monoisotopic (exact) mass is 299 g/mol. The number of aryl methyl sites for hydroxylation is 1. The predicted molar refractivity (Wildman–Crippen MR) is 80.0 cm³/mol. The van der Waals surface area contributed by atoms with Crippen molar-refractivity contribution in [3.05, 3.63) is 59.2 Å². The van der Waals surface area contributed by atoms with Crippen LogP contribution in [-0.2, 0) is 5.88 Å². The molecule has 0 saturated heterocycles. The van der Waals surface area contributed by atoms with Crippen molar-refractivity contribution in [2.45, 2.75) is 12.8 Å². The summed E-state index contributed by atoms with van der Waals surface area (Å²) in [5.74, 6) is 0.388. The van der Waals surface area contributed by atoms with Crippen LogP contribution in [0.3, 0.4) is 0 Å². The molecule has 0 unspecified atom stereocenters. The van der Waals surface area contributed by atoms with E-state index in [-0.39, 0.29) is 11.4 Å². The SMILES string of the molecule is Cc1ccc2nc(CCl)n(-c3ccc(F)cc3C#N)c2c1. The zero-order valence-corrected chi connectivity index (χ0v) is 12.0. The Kier molecular flexibility index (Phi) is 3.36. The first-order valence-electron chi connectivity index (χ1n) is 6.38. The van der Waals surface area contributed by atoms with Gasteiger partial charge in [-0.3, -0.25) is 4.57 Å². The Morgan fingerprint density at radius 2 is 2.10 bits per heavy atom. The third-order valence-electron chi connectivity index (χ3n) is 3.32. The summed E-state index contributed by atoms with van der Waals surface area (Å²) < 4.78 is 15.1. The summed E-state index contributed by atoms with van der Waals surface area (Å²) in [6, 6.07) is 12.0. The van der Waals surface area contributed by atoms with Crippen LogP contribution in [0.5, 0.6) is 0 Å². The van der Waals surface area contributed by atoms with Crippen molar-refractivity contribution in [1.82, 2.24) is 9.55 Å². The topological polar surface area (TPSA) is 41.6 Å². The summed E-state index contributed by atoms with van der Waals surface area (Å²) in [6.07, 6.45) is 0. The van der Waals surface area contributed by atoms with Gasteiger partial charge in [0.25, 0.3) is 0 Å². The quantitative estimate of drug-likeness (QED) is 0.669. The third-order valence-corrected chi connectivity index (χ3v) is 3.56. The molecule has 0 radical (unpaired) electrons. The number of alkyl halides is 1. The third kappa shape index (κ3) is 2.26. The minimum Gasteiger partial charge on any atom is -0.294 e. The van der Waals surface area contributed by atoms with Crippen molar-refractivity contribution in [2.24, 2.45) is 0 Å².